The fourth-order valence-electron chi connectivity index (χ4n) is 5.36. The normalized spacial score (nSPS) is 18.8. The predicted octanol–water partition coefficient (Wildman–Crippen LogP) is 9.33. The standard InChI is InChI=1S/C31H58O4/c1-4-7-9-10-11-12-13-14-15-16-17-18-21-26-34-30(32)28-24-19-20-25-29(28)31(33)35-27(22-6-3)23-8-5-2/h27-29H,4-26H2,1-3H3. The molecular formula is C31H58O4. The van der Waals surface area contributed by atoms with Gasteiger partial charge >= 0.3 is 11.9 Å². The van der Waals surface area contributed by atoms with Crippen LogP contribution in [-0.2, 0) is 19.1 Å². The molecule has 0 heterocycles. The number of carbonyl (C=O) groups excluding carboxylic acids is 2. The summed E-state index contributed by atoms with van der Waals surface area (Å²) in [6.07, 6.45) is 25.5. The van der Waals surface area contributed by atoms with E-state index in [9.17, 15) is 9.59 Å². The van der Waals surface area contributed by atoms with Crippen molar-refractivity contribution < 1.29 is 19.1 Å². The van der Waals surface area contributed by atoms with Crippen LogP contribution in [0.3, 0.4) is 0 Å². The van der Waals surface area contributed by atoms with E-state index in [4.69, 9.17) is 9.47 Å². The smallest absolute Gasteiger partial charge is 0.310 e. The van der Waals surface area contributed by atoms with Gasteiger partial charge in [0.1, 0.15) is 6.10 Å². The van der Waals surface area contributed by atoms with Crippen molar-refractivity contribution in [2.75, 3.05) is 6.61 Å². The summed E-state index contributed by atoms with van der Waals surface area (Å²) in [5.41, 5.74) is 0. The molecule has 0 saturated heterocycles. The van der Waals surface area contributed by atoms with Crippen LogP contribution in [0.2, 0.25) is 0 Å². The molecule has 3 unspecified atom stereocenters. The minimum atomic E-state index is -0.316. The highest BCUT2D eigenvalue weighted by molar-refractivity contribution is 5.82. The van der Waals surface area contributed by atoms with Crippen molar-refractivity contribution in [3.8, 4) is 0 Å². The zero-order valence-corrected chi connectivity index (χ0v) is 23.6. The van der Waals surface area contributed by atoms with E-state index >= 15 is 0 Å². The molecule has 1 fully saturated rings. The molecule has 0 bridgehead atoms. The molecule has 1 aliphatic carbocycles. The largest absolute Gasteiger partial charge is 0.465 e. The number of hydrogen-bond acceptors (Lipinski definition) is 4. The molecule has 0 amide bonds. The van der Waals surface area contributed by atoms with Crippen molar-refractivity contribution in [1.29, 1.82) is 0 Å². The summed E-state index contributed by atoms with van der Waals surface area (Å²) in [6, 6.07) is 0. The Kier molecular flexibility index (Phi) is 20.2. The van der Waals surface area contributed by atoms with Gasteiger partial charge in [-0.3, -0.25) is 9.59 Å². The molecule has 4 nitrogen and oxygen atoms in total. The van der Waals surface area contributed by atoms with Crippen LogP contribution in [0, 0.1) is 11.8 Å². The van der Waals surface area contributed by atoms with Gasteiger partial charge < -0.3 is 9.47 Å². The van der Waals surface area contributed by atoms with Crippen LogP contribution in [0.25, 0.3) is 0 Å². The van der Waals surface area contributed by atoms with E-state index in [1.54, 1.807) is 0 Å². The maximum atomic E-state index is 12.9. The zero-order chi connectivity index (χ0) is 25.6. The summed E-state index contributed by atoms with van der Waals surface area (Å²) in [6.45, 7) is 7.05. The van der Waals surface area contributed by atoms with Crippen molar-refractivity contribution in [2.24, 2.45) is 11.8 Å². The van der Waals surface area contributed by atoms with Gasteiger partial charge in [-0.05, 0) is 32.1 Å². The molecule has 1 rings (SSSR count). The number of ether oxygens (including phenoxy) is 2. The fourth-order valence-corrected chi connectivity index (χ4v) is 5.36. The number of rotatable bonds is 22. The highest BCUT2D eigenvalue weighted by Crippen LogP contribution is 2.33. The van der Waals surface area contributed by atoms with Crippen LogP contribution >= 0.6 is 0 Å². The van der Waals surface area contributed by atoms with Gasteiger partial charge in [-0.15, -0.1) is 0 Å². The second-order valence-electron chi connectivity index (χ2n) is 10.9. The molecule has 0 radical (unpaired) electrons. The maximum Gasteiger partial charge on any atom is 0.310 e. The Balaban J connectivity index is 2.18. The summed E-state index contributed by atoms with van der Waals surface area (Å²) in [4.78, 5) is 25.7. The van der Waals surface area contributed by atoms with E-state index in [2.05, 4.69) is 20.8 Å². The SMILES string of the molecule is CCCCCCCCCCCCCCCOC(=O)C1CCCCC1C(=O)OC(CCC)CCCC. The minimum absolute atomic E-state index is 0.00292. The Morgan fingerprint density at radius 1 is 0.600 bits per heavy atom. The molecule has 0 aromatic heterocycles. The van der Waals surface area contributed by atoms with Gasteiger partial charge in [0.25, 0.3) is 0 Å². The highest BCUT2D eigenvalue weighted by Gasteiger charge is 2.38. The Hall–Kier alpha value is -1.06. The van der Waals surface area contributed by atoms with Gasteiger partial charge in [0, 0.05) is 0 Å². The third-order valence-electron chi connectivity index (χ3n) is 7.64. The summed E-state index contributed by atoms with van der Waals surface area (Å²) in [5.74, 6) is -0.969. The molecule has 206 valence electrons. The first-order chi connectivity index (χ1) is 17.1. The molecule has 0 spiro atoms. The summed E-state index contributed by atoms with van der Waals surface area (Å²) in [5, 5.41) is 0. The van der Waals surface area contributed by atoms with Gasteiger partial charge in [0.2, 0.25) is 0 Å². The van der Waals surface area contributed by atoms with Crippen LogP contribution < -0.4 is 0 Å². The Morgan fingerprint density at radius 3 is 1.60 bits per heavy atom. The maximum absolute atomic E-state index is 12.9. The van der Waals surface area contributed by atoms with Gasteiger partial charge in [0.05, 0.1) is 18.4 Å². The first-order valence-corrected chi connectivity index (χ1v) is 15.5. The minimum Gasteiger partial charge on any atom is -0.465 e. The van der Waals surface area contributed by atoms with Gasteiger partial charge in [0.15, 0.2) is 0 Å². The molecule has 1 aliphatic rings. The van der Waals surface area contributed by atoms with Crippen LogP contribution in [0.1, 0.15) is 162 Å². The summed E-state index contributed by atoms with van der Waals surface area (Å²) in [7, 11) is 0. The highest BCUT2D eigenvalue weighted by atomic mass is 16.5. The molecule has 0 aliphatic heterocycles. The van der Waals surface area contributed by atoms with Crippen molar-refractivity contribution >= 4 is 11.9 Å². The molecule has 35 heavy (non-hydrogen) atoms. The van der Waals surface area contributed by atoms with E-state index in [1.807, 2.05) is 0 Å². The summed E-state index contributed by atoms with van der Waals surface area (Å²) >= 11 is 0. The van der Waals surface area contributed by atoms with Crippen molar-refractivity contribution in [1.82, 2.24) is 0 Å². The van der Waals surface area contributed by atoms with E-state index in [-0.39, 0.29) is 29.9 Å². The number of hydrogen-bond donors (Lipinski definition) is 0. The molecule has 0 aromatic rings. The van der Waals surface area contributed by atoms with Crippen molar-refractivity contribution in [3.05, 3.63) is 0 Å². The number of unbranched alkanes of at least 4 members (excludes halogenated alkanes) is 13. The van der Waals surface area contributed by atoms with Crippen LogP contribution in [0.15, 0.2) is 0 Å². The Labute approximate surface area is 217 Å². The summed E-state index contributed by atoms with van der Waals surface area (Å²) < 4.78 is 11.5. The topological polar surface area (TPSA) is 52.6 Å². The zero-order valence-electron chi connectivity index (χ0n) is 23.6. The van der Waals surface area contributed by atoms with Gasteiger partial charge in [-0.1, -0.05) is 130 Å². The molecule has 0 aromatic carbocycles. The molecule has 4 heteroatoms. The lowest BCUT2D eigenvalue weighted by molar-refractivity contribution is -0.166. The molecular weight excluding hydrogens is 436 g/mol. The molecule has 1 saturated carbocycles. The molecule has 0 N–H and O–H groups in total. The van der Waals surface area contributed by atoms with Crippen LogP contribution in [-0.4, -0.2) is 24.6 Å². The van der Waals surface area contributed by atoms with Gasteiger partial charge in [-0.2, -0.15) is 0 Å². The average Bonchev–Trinajstić information content (AvgIpc) is 2.87. The fraction of sp³-hybridized carbons (Fsp3) is 0.935. The van der Waals surface area contributed by atoms with E-state index in [0.29, 0.717) is 6.61 Å². The second-order valence-corrected chi connectivity index (χ2v) is 10.9. The monoisotopic (exact) mass is 494 g/mol. The quantitative estimate of drug-likeness (QED) is 0.111. The van der Waals surface area contributed by atoms with E-state index < -0.39 is 0 Å². The first-order valence-electron chi connectivity index (χ1n) is 15.5. The van der Waals surface area contributed by atoms with Crippen LogP contribution in [0.4, 0.5) is 0 Å². The molecule has 3 atom stereocenters. The number of esters is 2. The van der Waals surface area contributed by atoms with Crippen molar-refractivity contribution in [2.45, 2.75) is 168 Å². The Bertz CT molecular complexity index is 518. The first kappa shape index (κ1) is 32.0. The van der Waals surface area contributed by atoms with E-state index in [1.165, 1.54) is 70.6 Å². The third-order valence-corrected chi connectivity index (χ3v) is 7.64. The lowest BCUT2D eigenvalue weighted by Crippen LogP contribution is -2.36. The predicted molar refractivity (Wildman–Crippen MR) is 146 cm³/mol. The lowest BCUT2D eigenvalue weighted by Gasteiger charge is -2.30. The van der Waals surface area contributed by atoms with E-state index in [0.717, 1.165) is 70.6 Å². The van der Waals surface area contributed by atoms with Crippen LogP contribution in [0.5, 0.6) is 0 Å². The van der Waals surface area contributed by atoms with Crippen molar-refractivity contribution in [3.63, 3.8) is 0 Å². The third kappa shape index (κ3) is 15.6. The lowest BCUT2D eigenvalue weighted by atomic mass is 9.79. The second kappa shape index (κ2) is 22.2. The average molecular weight is 495 g/mol. The van der Waals surface area contributed by atoms with Gasteiger partial charge in [-0.25, -0.2) is 0 Å². The number of carbonyl (C=O) groups is 2. The Morgan fingerprint density at radius 2 is 1.09 bits per heavy atom.